The number of hydrogen-bond donors (Lipinski definition) is 2. The van der Waals surface area contributed by atoms with Crippen LogP contribution >= 0.6 is 0 Å². The fraction of sp³-hybridized carbons (Fsp3) is 0.400. The number of nitrogens with zero attached hydrogens (tertiary/aromatic N) is 5. The molecule has 3 N–H and O–H groups in total. The second-order valence-corrected chi connectivity index (χ2v) is 5.32. The van der Waals surface area contributed by atoms with Gasteiger partial charge < -0.3 is 10.8 Å². The lowest BCUT2D eigenvalue weighted by Gasteiger charge is -2.21. The maximum atomic E-state index is 12.3. The predicted octanol–water partition coefficient (Wildman–Crippen LogP) is 0.266. The summed E-state index contributed by atoms with van der Waals surface area (Å²) in [6.07, 6.45) is 2.58. The third kappa shape index (κ3) is 4.35. The summed E-state index contributed by atoms with van der Waals surface area (Å²) in [6, 6.07) is 9.43. The van der Waals surface area contributed by atoms with Gasteiger partial charge in [0.25, 0.3) is 12.4 Å². The highest BCUT2D eigenvalue weighted by Gasteiger charge is 2.28. The van der Waals surface area contributed by atoms with Crippen LogP contribution in [0.25, 0.3) is 0 Å². The second kappa shape index (κ2) is 8.73. The van der Waals surface area contributed by atoms with E-state index in [9.17, 15) is 4.79 Å². The van der Waals surface area contributed by atoms with E-state index >= 15 is 0 Å². The molecule has 1 saturated heterocycles. The number of nitrogens with two attached hydrogens (primary N) is 1. The van der Waals surface area contributed by atoms with Crippen molar-refractivity contribution in [2.75, 3.05) is 11.4 Å². The van der Waals surface area contributed by atoms with E-state index in [0.717, 1.165) is 24.8 Å². The van der Waals surface area contributed by atoms with Gasteiger partial charge in [-0.25, -0.2) is 4.68 Å². The molecule has 0 aliphatic carbocycles. The van der Waals surface area contributed by atoms with Gasteiger partial charge in [-0.3, -0.25) is 14.5 Å². The summed E-state index contributed by atoms with van der Waals surface area (Å²) in [5, 5.41) is 18.6. The van der Waals surface area contributed by atoms with Gasteiger partial charge in [0.1, 0.15) is 0 Å². The average molecular weight is 332 g/mol. The molecule has 2 aromatic rings. The summed E-state index contributed by atoms with van der Waals surface area (Å²) >= 11 is 0. The molecule has 1 aliphatic rings. The van der Waals surface area contributed by atoms with Crippen molar-refractivity contribution in [3.63, 3.8) is 0 Å². The Balaban J connectivity index is 0.000000647. The summed E-state index contributed by atoms with van der Waals surface area (Å²) in [6.45, 7) is 0.893. The molecule has 1 fully saturated rings. The highest BCUT2D eigenvalue weighted by Crippen LogP contribution is 2.18. The Hall–Kier alpha value is -2.81. The molecule has 1 aromatic heterocycles. The number of amides is 1. The van der Waals surface area contributed by atoms with Gasteiger partial charge >= 0.3 is 0 Å². The third-order valence-corrected chi connectivity index (χ3v) is 3.66. The van der Waals surface area contributed by atoms with Gasteiger partial charge in [-0.15, -0.1) is 0 Å². The predicted molar refractivity (Wildman–Crippen MR) is 86.2 cm³/mol. The minimum atomic E-state index is -0.464. The molecule has 3 rings (SSSR count). The van der Waals surface area contributed by atoms with Crippen molar-refractivity contribution in [3.8, 4) is 0 Å². The topological polar surface area (TPSA) is 127 Å². The number of carbonyl (C=O) groups excluding carboxylic acids is 1. The Kier molecular flexibility index (Phi) is 6.38. The Morgan fingerprint density at radius 3 is 2.71 bits per heavy atom. The lowest BCUT2D eigenvalue weighted by molar-refractivity contribution is -0.123. The zero-order valence-corrected chi connectivity index (χ0v) is 13.2. The lowest BCUT2D eigenvalue weighted by atomic mass is 10.1. The minimum Gasteiger partial charge on any atom is -0.483 e. The van der Waals surface area contributed by atoms with Crippen LogP contribution in [-0.4, -0.2) is 50.3 Å². The normalized spacial score (nSPS) is 17.6. The van der Waals surface area contributed by atoms with E-state index in [1.165, 1.54) is 0 Å². The smallest absolute Gasteiger partial charge is 0.290 e. The average Bonchev–Trinajstić information content (AvgIpc) is 2.97. The molecule has 0 radical (unpaired) electrons. The van der Waals surface area contributed by atoms with E-state index in [1.54, 1.807) is 9.58 Å². The van der Waals surface area contributed by atoms with Crippen LogP contribution in [-0.2, 0) is 16.1 Å². The number of aromatic nitrogens is 4. The molecule has 9 nitrogen and oxygen atoms in total. The van der Waals surface area contributed by atoms with E-state index in [0.29, 0.717) is 19.0 Å². The van der Waals surface area contributed by atoms with E-state index in [2.05, 4.69) is 15.5 Å². The van der Waals surface area contributed by atoms with Gasteiger partial charge in [0.2, 0.25) is 5.91 Å². The Morgan fingerprint density at radius 1 is 1.29 bits per heavy atom. The van der Waals surface area contributed by atoms with E-state index in [-0.39, 0.29) is 12.4 Å². The number of tetrazole rings is 1. The molecular formula is C15H20N6O3. The summed E-state index contributed by atoms with van der Waals surface area (Å²) in [4.78, 5) is 22.3. The number of hydrogen-bond acceptors (Lipinski definition) is 6. The van der Waals surface area contributed by atoms with Crippen molar-refractivity contribution in [2.45, 2.75) is 31.8 Å². The molecule has 9 heteroatoms. The van der Waals surface area contributed by atoms with E-state index in [1.807, 2.05) is 30.3 Å². The van der Waals surface area contributed by atoms with Crippen LogP contribution in [0, 0.1) is 0 Å². The van der Waals surface area contributed by atoms with Crippen molar-refractivity contribution in [1.29, 1.82) is 0 Å². The summed E-state index contributed by atoms with van der Waals surface area (Å²) in [5.74, 6) is 0.373. The van der Waals surface area contributed by atoms with Crippen LogP contribution < -0.4 is 10.6 Å². The van der Waals surface area contributed by atoms with Gasteiger partial charge in [0.05, 0.1) is 12.6 Å². The largest absolute Gasteiger partial charge is 0.483 e. The second-order valence-electron chi connectivity index (χ2n) is 5.32. The van der Waals surface area contributed by atoms with Crippen LogP contribution in [0.1, 0.15) is 24.8 Å². The van der Waals surface area contributed by atoms with Crippen molar-refractivity contribution in [2.24, 2.45) is 5.73 Å². The molecule has 0 unspecified atom stereocenters. The summed E-state index contributed by atoms with van der Waals surface area (Å²) in [7, 11) is 0. The van der Waals surface area contributed by atoms with Crippen molar-refractivity contribution >= 4 is 18.3 Å². The molecule has 1 amide bonds. The van der Waals surface area contributed by atoms with Crippen molar-refractivity contribution < 1.29 is 14.7 Å². The first-order valence-electron chi connectivity index (χ1n) is 7.62. The molecule has 0 spiro atoms. The Labute approximate surface area is 139 Å². The number of carbonyl (C=O) groups is 2. The number of carboxylic acid groups (broad SMARTS) is 1. The minimum absolute atomic E-state index is 0.100. The maximum Gasteiger partial charge on any atom is 0.290 e. The maximum absolute atomic E-state index is 12.3. The highest BCUT2D eigenvalue weighted by molar-refractivity contribution is 5.95. The van der Waals surface area contributed by atoms with Crippen molar-refractivity contribution in [3.05, 3.63) is 35.9 Å². The fourth-order valence-corrected chi connectivity index (χ4v) is 2.52. The first-order chi connectivity index (χ1) is 11.7. The SMILES string of the molecule is N[C@H]1CCCCN(c2nnnn2Cc2ccccc2)C1=O.O=CO. The molecule has 128 valence electrons. The molecule has 24 heavy (non-hydrogen) atoms. The molecule has 0 saturated carbocycles. The van der Waals surface area contributed by atoms with Crippen molar-refractivity contribution in [1.82, 2.24) is 20.2 Å². The fourth-order valence-electron chi connectivity index (χ4n) is 2.52. The zero-order chi connectivity index (χ0) is 17.4. The first kappa shape index (κ1) is 17.5. The molecule has 1 atom stereocenters. The quantitative estimate of drug-likeness (QED) is 0.772. The van der Waals surface area contributed by atoms with Crippen LogP contribution in [0.5, 0.6) is 0 Å². The van der Waals surface area contributed by atoms with E-state index in [4.69, 9.17) is 15.6 Å². The van der Waals surface area contributed by atoms with Crippen LogP contribution in [0.4, 0.5) is 5.95 Å². The van der Waals surface area contributed by atoms with Crippen LogP contribution in [0.15, 0.2) is 30.3 Å². The zero-order valence-electron chi connectivity index (χ0n) is 13.2. The Bertz CT molecular complexity index is 660. The van der Waals surface area contributed by atoms with Gasteiger partial charge in [0.15, 0.2) is 0 Å². The highest BCUT2D eigenvalue weighted by atomic mass is 16.3. The van der Waals surface area contributed by atoms with Gasteiger partial charge in [-0.2, -0.15) is 0 Å². The van der Waals surface area contributed by atoms with Gasteiger partial charge in [0, 0.05) is 6.54 Å². The molecular weight excluding hydrogens is 312 g/mol. The van der Waals surface area contributed by atoms with Gasteiger partial charge in [-0.1, -0.05) is 35.4 Å². The number of benzene rings is 1. The monoisotopic (exact) mass is 332 g/mol. The lowest BCUT2D eigenvalue weighted by Crippen LogP contribution is -2.43. The van der Waals surface area contributed by atoms with Crippen LogP contribution in [0.2, 0.25) is 0 Å². The molecule has 2 heterocycles. The Morgan fingerprint density at radius 2 is 2.00 bits per heavy atom. The van der Waals surface area contributed by atoms with E-state index < -0.39 is 6.04 Å². The standard InChI is InChI=1S/C14H18N6O.CH2O2/c15-12-8-4-5-9-19(13(12)21)14-16-17-18-20(14)10-11-6-2-1-3-7-11;2-1-3/h1-3,6-7,12H,4-5,8-10,15H2;1H,(H,2,3)/t12-;/m0./s1. The molecule has 1 aliphatic heterocycles. The first-order valence-corrected chi connectivity index (χ1v) is 7.62. The number of anilines is 1. The number of rotatable bonds is 3. The van der Waals surface area contributed by atoms with Gasteiger partial charge in [-0.05, 0) is 35.3 Å². The third-order valence-electron chi connectivity index (χ3n) is 3.66. The molecule has 1 aromatic carbocycles. The summed E-state index contributed by atoms with van der Waals surface area (Å²) in [5.41, 5.74) is 6.99. The molecule has 0 bridgehead atoms. The summed E-state index contributed by atoms with van der Waals surface area (Å²) < 4.78 is 1.64. The van der Waals surface area contributed by atoms with Crippen LogP contribution in [0.3, 0.4) is 0 Å².